The molecule has 0 saturated heterocycles. The van der Waals surface area contributed by atoms with Gasteiger partial charge in [-0.15, -0.1) is 0 Å². The number of sulfonamides is 1. The van der Waals surface area contributed by atoms with Crippen LogP contribution < -0.4 is 10.5 Å². The highest BCUT2D eigenvalue weighted by Crippen LogP contribution is 2.22. The number of benzene rings is 1. The lowest BCUT2D eigenvalue weighted by Crippen LogP contribution is -2.28. The van der Waals surface area contributed by atoms with Crippen LogP contribution in [0.4, 0.5) is 0 Å². The summed E-state index contributed by atoms with van der Waals surface area (Å²) in [5.74, 6) is 0.843. The Labute approximate surface area is 121 Å². The third-order valence-electron chi connectivity index (χ3n) is 4.10. The Hall–Kier alpha value is -0.910. The van der Waals surface area contributed by atoms with Crippen LogP contribution in [0.1, 0.15) is 44.6 Å². The van der Waals surface area contributed by atoms with E-state index in [-0.39, 0.29) is 4.90 Å². The molecule has 0 aromatic heterocycles. The average molecular weight is 296 g/mol. The first-order valence-corrected chi connectivity index (χ1v) is 8.85. The van der Waals surface area contributed by atoms with Crippen LogP contribution in [0, 0.1) is 5.92 Å². The Bertz CT molecular complexity index is 525. The summed E-state index contributed by atoms with van der Waals surface area (Å²) in [5.41, 5.74) is 1.09. The molecule has 0 radical (unpaired) electrons. The van der Waals surface area contributed by atoms with Gasteiger partial charge in [0.1, 0.15) is 0 Å². The molecule has 112 valence electrons. The summed E-state index contributed by atoms with van der Waals surface area (Å²) < 4.78 is 22.4. The smallest absolute Gasteiger partial charge is 0.238 e. The molecule has 0 aliphatic heterocycles. The molecule has 1 aliphatic carbocycles. The van der Waals surface area contributed by atoms with Crippen molar-refractivity contribution in [2.75, 3.05) is 0 Å². The van der Waals surface area contributed by atoms with Gasteiger partial charge < -0.3 is 5.32 Å². The molecule has 3 N–H and O–H groups in total. The van der Waals surface area contributed by atoms with E-state index < -0.39 is 10.0 Å². The molecule has 1 aromatic rings. The second-order valence-corrected chi connectivity index (χ2v) is 7.44. The van der Waals surface area contributed by atoms with E-state index in [0.717, 1.165) is 18.0 Å². The van der Waals surface area contributed by atoms with Crippen LogP contribution in [-0.4, -0.2) is 14.5 Å². The van der Waals surface area contributed by atoms with Gasteiger partial charge in [-0.3, -0.25) is 0 Å². The van der Waals surface area contributed by atoms with Gasteiger partial charge in [0.2, 0.25) is 10.0 Å². The van der Waals surface area contributed by atoms with Gasteiger partial charge in [-0.25, -0.2) is 13.6 Å². The molecule has 5 heteroatoms. The lowest BCUT2D eigenvalue weighted by atomic mass is 10.0. The van der Waals surface area contributed by atoms with Crippen LogP contribution in [0.25, 0.3) is 0 Å². The second-order valence-electron chi connectivity index (χ2n) is 5.88. The van der Waals surface area contributed by atoms with Gasteiger partial charge in [0.25, 0.3) is 0 Å². The number of hydrogen-bond acceptors (Lipinski definition) is 3. The molecule has 2 unspecified atom stereocenters. The number of nitrogens with one attached hydrogen (secondary N) is 1. The van der Waals surface area contributed by atoms with E-state index in [2.05, 4.69) is 12.2 Å². The maximum absolute atomic E-state index is 11.2. The van der Waals surface area contributed by atoms with Crippen LogP contribution in [0.3, 0.4) is 0 Å². The molecular formula is C15H24N2O2S. The predicted octanol–water partition coefficient (Wildman–Crippen LogP) is 2.39. The molecule has 0 bridgehead atoms. The average Bonchev–Trinajstić information content (AvgIpc) is 2.61. The minimum Gasteiger partial charge on any atom is -0.310 e. The van der Waals surface area contributed by atoms with E-state index in [9.17, 15) is 8.42 Å². The van der Waals surface area contributed by atoms with Gasteiger partial charge in [-0.1, -0.05) is 31.9 Å². The molecule has 0 heterocycles. The summed E-state index contributed by atoms with van der Waals surface area (Å²) in [7, 11) is -3.59. The summed E-state index contributed by atoms with van der Waals surface area (Å²) in [4.78, 5) is 0.171. The van der Waals surface area contributed by atoms with Crippen molar-refractivity contribution < 1.29 is 8.42 Å². The summed E-state index contributed by atoms with van der Waals surface area (Å²) in [5, 5.41) is 8.66. The highest BCUT2D eigenvalue weighted by Gasteiger charge is 2.15. The van der Waals surface area contributed by atoms with Crippen molar-refractivity contribution in [3.63, 3.8) is 0 Å². The van der Waals surface area contributed by atoms with Crippen molar-refractivity contribution in [3.8, 4) is 0 Å². The molecule has 2 atom stereocenters. The van der Waals surface area contributed by atoms with Gasteiger partial charge >= 0.3 is 0 Å². The Morgan fingerprint density at radius 1 is 1.15 bits per heavy atom. The van der Waals surface area contributed by atoms with Crippen LogP contribution >= 0.6 is 0 Å². The van der Waals surface area contributed by atoms with Gasteiger partial charge in [0, 0.05) is 12.6 Å². The fourth-order valence-corrected chi connectivity index (χ4v) is 3.27. The van der Waals surface area contributed by atoms with Gasteiger partial charge in [-0.05, 0) is 42.9 Å². The molecular weight excluding hydrogens is 272 g/mol. The second kappa shape index (κ2) is 6.70. The van der Waals surface area contributed by atoms with Gasteiger partial charge in [0.05, 0.1) is 4.90 Å². The minimum absolute atomic E-state index is 0.171. The van der Waals surface area contributed by atoms with Gasteiger partial charge in [-0.2, -0.15) is 0 Å². The largest absolute Gasteiger partial charge is 0.310 e. The Morgan fingerprint density at radius 2 is 1.85 bits per heavy atom. The van der Waals surface area contributed by atoms with Crippen LogP contribution in [0.2, 0.25) is 0 Å². The first-order valence-electron chi connectivity index (χ1n) is 7.30. The first-order chi connectivity index (χ1) is 9.45. The normalized spacial score (nSPS) is 24.3. The van der Waals surface area contributed by atoms with E-state index in [4.69, 9.17) is 5.14 Å². The SMILES string of the molecule is CC1CCCC(NCc2ccc(S(N)(=O)=O)cc2)CC1. The molecule has 0 spiro atoms. The summed E-state index contributed by atoms with van der Waals surface area (Å²) in [6, 6.07) is 7.37. The molecule has 1 saturated carbocycles. The monoisotopic (exact) mass is 296 g/mol. The van der Waals surface area contributed by atoms with E-state index in [1.807, 2.05) is 12.1 Å². The molecule has 1 aliphatic rings. The minimum atomic E-state index is -3.59. The molecule has 1 fully saturated rings. The molecule has 20 heavy (non-hydrogen) atoms. The van der Waals surface area contributed by atoms with E-state index in [0.29, 0.717) is 6.04 Å². The molecule has 0 amide bonds. The van der Waals surface area contributed by atoms with Crippen molar-refractivity contribution in [2.24, 2.45) is 11.1 Å². The first kappa shape index (κ1) is 15.5. The zero-order valence-corrected chi connectivity index (χ0v) is 12.8. The van der Waals surface area contributed by atoms with Crippen LogP contribution in [0.15, 0.2) is 29.2 Å². The standard InChI is InChI=1S/C15H24N2O2S/c1-12-3-2-4-14(8-5-12)17-11-13-6-9-15(10-7-13)20(16,18)19/h6-7,9-10,12,14,17H,2-5,8,11H2,1H3,(H2,16,18,19). The van der Waals surface area contributed by atoms with Crippen LogP contribution in [-0.2, 0) is 16.6 Å². The Kier molecular flexibility index (Phi) is 5.18. The Morgan fingerprint density at radius 3 is 2.50 bits per heavy atom. The quantitative estimate of drug-likeness (QED) is 0.838. The summed E-state index contributed by atoms with van der Waals surface area (Å²) in [6.45, 7) is 3.11. The third-order valence-corrected chi connectivity index (χ3v) is 5.03. The zero-order chi connectivity index (χ0) is 14.6. The van der Waals surface area contributed by atoms with Crippen molar-refractivity contribution in [1.29, 1.82) is 0 Å². The maximum atomic E-state index is 11.2. The van der Waals surface area contributed by atoms with E-state index >= 15 is 0 Å². The zero-order valence-electron chi connectivity index (χ0n) is 12.0. The van der Waals surface area contributed by atoms with Crippen molar-refractivity contribution in [3.05, 3.63) is 29.8 Å². The van der Waals surface area contributed by atoms with Gasteiger partial charge in [0.15, 0.2) is 0 Å². The van der Waals surface area contributed by atoms with Crippen LogP contribution in [0.5, 0.6) is 0 Å². The Balaban J connectivity index is 1.88. The van der Waals surface area contributed by atoms with E-state index in [1.54, 1.807) is 12.1 Å². The fraction of sp³-hybridized carbons (Fsp3) is 0.600. The summed E-state index contributed by atoms with van der Waals surface area (Å²) in [6.07, 6.45) is 6.39. The highest BCUT2D eigenvalue weighted by molar-refractivity contribution is 7.89. The molecule has 1 aromatic carbocycles. The number of rotatable bonds is 4. The topological polar surface area (TPSA) is 72.2 Å². The van der Waals surface area contributed by atoms with Crippen molar-refractivity contribution in [2.45, 2.75) is 56.5 Å². The van der Waals surface area contributed by atoms with Crippen molar-refractivity contribution >= 4 is 10.0 Å². The maximum Gasteiger partial charge on any atom is 0.238 e. The summed E-state index contributed by atoms with van der Waals surface area (Å²) >= 11 is 0. The van der Waals surface area contributed by atoms with E-state index in [1.165, 1.54) is 32.1 Å². The highest BCUT2D eigenvalue weighted by atomic mass is 32.2. The molecule has 4 nitrogen and oxygen atoms in total. The fourth-order valence-electron chi connectivity index (χ4n) is 2.75. The van der Waals surface area contributed by atoms with Crippen molar-refractivity contribution in [1.82, 2.24) is 5.32 Å². The number of primary sulfonamides is 1. The molecule has 2 rings (SSSR count). The number of nitrogens with two attached hydrogens (primary N) is 1. The number of hydrogen-bond donors (Lipinski definition) is 2. The lowest BCUT2D eigenvalue weighted by molar-refractivity contribution is 0.447. The predicted molar refractivity (Wildman–Crippen MR) is 80.7 cm³/mol. The third kappa shape index (κ3) is 4.58. The lowest BCUT2D eigenvalue weighted by Gasteiger charge is -2.16.